The number of hydrogen-bond donors (Lipinski definition) is 2. The van der Waals surface area contributed by atoms with E-state index < -0.39 is 10.9 Å². The molecule has 0 saturated heterocycles. The van der Waals surface area contributed by atoms with Gasteiger partial charge >= 0.3 is 5.97 Å². The van der Waals surface area contributed by atoms with E-state index in [9.17, 15) is 14.9 Å². The van der Waals surface area contributed by atoms with Gasteiger partial charge in [-0.25, -0.2) is 9.78 Å². The van der Waals surface area contributed by atoms with Crippen LogP contribution in [0.25, 0.3) is 0 Å². The van der Waals surface area contributed by atoms with Crippen molar-refractivity contribution in [2.45, 2.75) is 6.54 Å². The van der Waals surface area contributed by atoms with Crippen LogP contribution >= 0.6 is 34.5 Å². The summed E-state index contributed by atoms with van der Waals surface area (Å²) in [6.45, 7) is 0.204. The van der Waals surface area contributed by atoms with Gasteiger partial charge in [0.2, 0.25) is 0 Å². The van der Waals surface area contributed by atoms with Crippen molar-refractivity contribution in [3.05, 3.63) is 48.4 Å². The lowest BCUT2D eigenvalue weighted by Gasteiger charge is -2.08. The van der Waals surface area contributed by atoms with Crippen molar-refractivity contribution < 1.29 is 14.8 Å². The number of carbonyl (C=O) groups is 1. The molecule has 1 aromatic carbocycles. The molecule has 0 aliphatic heterocycles. The second-order valence-electron chi connectivity index (χ2n) is 3.83. The summed E-state index contributed by atoms with van der Waals surface area (Å²) < 4.78 is 0. The number of halogens is 2. The first-order valence-electron chi connectivity index (χ1n) is 5.43. The molecule has 1 aromatic heterocycles. The number of carboxylic acid groups (broad SMARTS) is 1. The summed E-state index contributed by atoms with van der Waals surface area (Å²) in [5.74, 6) is -1.11. The highest BCUT2D eigenvalue weighted by Gasteiger charge is 2.15. The highest BCUT2D eigenvalue weighted by atomic mass is 35.5. The highest BCUT2D eigenvalue weighted by Crippen LogP contribution is 2.35. The minimum atomic E-state index is -1.11. The van der Waals surface area contributed by atoms with Crippen LogP contribution in [-0.4, -0.2) is 21.0 Å². The number of aromatic nitrogens is 1. The van der Waals surface area contributed by atoms with Crippen LogP contribution in [0.2, 0.25) is 10.0 Å². The normalized spacial score (nSPS) is 10.4. The zero-order valence-corrected chi connectivity index (χ0v) is 12.5. The Morgan fingerprint density at radius 3 is 2.52 bits per heavy atom. The van der Waals surface area contributed by atoms with E-state index in [0.717, 1.165) is 0 Å². The smallest absolute Gasteiger partial charge is 0.355 e. The van der Waals surface area contributed by atoms with Gasteiger partial charge in [-0.05, 0) is 0 Å². The summed E-state index contributed by atoms with van der Waals surface area (Å²) in [5, 5.41) is 24.5. The zero-order valence-electron chi connectivity index (χ0n) is 10.2. The van der Waals surface area contributed by atoms with Gasteiger partial charge in [0, 0.05) is 17.5 Å². The SMILES string of the molecule is O=C(O)c1csc(CNc2c(Cl)cc([N+](=O)[O-])cc2Cl)n1. The van der Waals surface area contributed by atoms with E-state index in [0.29, 0.717) is 10.7 Å². The van der Waals surface area contributed by atoms with Gasteiger partial charge in [-0.1, -0.05) is 23.2 Å². The Bertz CT molecular complexity index is 696. The minimum absolute atomic E-state index is 0.0438. The summed E-state index contributed by atoms with van der Waals surface area (Å²) in [6.07, 6.45) is 0. The van der Waals surface area contributed by atoms with Crippen LogP contribution in [0.4, 0.5) is 11.4 Å². The molecule has 0 saturated carbocycles. The van der Waals surface area contributed by atoms with E-state index in [1.807, 2.05) is 0 Å². The summed E-state index contributed by atoms with van der Waals surface area (Å²) >= 11 is 13.0. The van der Waals surface area contributed by atoms with Crippen LogP contribution in [0.1, 0.15) is 15.5 Å². The quantitative estimate of drug-likeness (QED) is 0.631. The Kier molecular flexibility index (Phi) is 4.61. The van der Waals surface area contributed by atoms with Gasteiger partial charge in [0.1, 0.15) is 5.01 Å². The molecule has 0 aliphatic rings. The fourth-order valence-electron chi connectivity index (χ4n) is 1.49. The molecule has 110 valence electrons. The number of carboxylic acids is 1. The topological polar surface area (TPSA) is 105 Å². The molecule has 2 rings (SSSR count). The number of nitrogens with zero attached hydrogens (tertiary/aromatic N) is 2. The molecule has 10 heteroatoms. The molecule has 0 fully saturated rings. The van der Waals surface area contributed by atoms with Gasteiger partial charge < -0.3 is 10.4 Å². The van der Waals surface area contributed by atoms with Gasteiger partial charge in [0.25, 0.3) is 5.69 Å². The maximum absolute atomic E-state index is 10.7. The van der Waals surface area contributed by atoms with Crippen molar-refractivity contribution in [2.24, 2.45) is 0 Å². The Hall–Kier alpha value is -1.90. The Labute approximate surface area is 132 Å². The molecular weight excluding hydrogens is 341 g/mol. The predicted molar refractivity (Wildman–Crippen MR) is 79.5 cm³/mol. The van der Waals surface area contributed by atoms with E-state index in [1.54, 1.807) is 0 Å². The van der Waals surface area contributed by atoms with Crippen molar-refractivity contribution in [3.63, 3.8) is 0 Å². The monoisotopic (exact) mass is 347 g/mol. The van der Waals surface area contributed by atoms with E-state index in [1.165, 1.54) is 28.8 Å². The first-order valence-corrected chi connectivity index (χ1v) is 7.07. The molecule has 0 unspecified atom stereocenters. The van der Waals surface area contributed by atoms with Crippen molar-refractivity contribution >= 4 is 51.9 Å². The number of anilines is 1. The lowest BCUT2D eigenvalue weighted by molar-refractivity contribution is -0.384. The molecule has 1 heterocycles. The van der Waals surface area contributed by atoms with E-state index in [-0.39, 0.29) is 28.0 Å². The second kappa shape index (κ2) is 6.25. The molecule has 2 aromatic rings. The van der Waals surface area contributed by atoms with Gasteiger partial charge in [0.15, 0.2) is 5.69 Å². The van der Waals surface area contributed by atoms with Gasteiger partial charge in [-0.3, -0.25) is 10.1 Å². The number of hydrogen-bond acceptors (Lipinski definition) is 6. The Morgan fingerprint density at radius 1 is 1.43 bits per heavy atom. The second-order valence-corrected chi connectivity index (χ2v) is 5.58. The number of non-ortho nitro benzene ring substituents is 1. The van der Waals surface area contributed by atoms with E-state index >= 15 is 0 Å². The maximum atomic E-state index is 10.7. The molecule has 0 atom stereocenters. The molecule has 2 N–H and O–H groups in total. The Balaban J connectivity index is 2.16. The standard InChI is InChI=1S/C11H7Cl2N3O4S/c12-6-1-5(16(19)20)2-7(13)10(6)14-3-9-15-8(4-21-9)11(17)18/h1-2,4,14H,3H2,(H,17,18). The van der Waals surface area contributed by atoms with Gasteiger partial charge in [-0.15, -0.1) is 11.3 Å². The van der Waals surface area contributed by atoms with Crippen molar-refractivity contribution in [3.8, 4) is 0 Å². The highest BCUT2D eigenvalue weighted by molar-refractivity contribution is 7.09. The largest absolute Gasteiger partial charge is 0.476 e. The summed E-state index contributed by atoms with van der Waals surface area (Å²) in [5.41, 5.74) is 0.0756. The third kappa shape index (κ3) is 3.60. The number of nitro benzene ring substituents is 1. The number of nitrogens with one attached hydrogen (secondary N) is 1. The van der Waals surface area contributed by atoms with Gasteiger partial charge in [0.05, 0.1) is 27.2 Å². The number of benzene rings is 1. The lowest BCUT2D eigenvalue weighted by Crippen LogP contribution is -2.02. The summed E-state index contributed by atoms with van der Waals surface area (Å²) in [6, 6.07) is 2.36. The van der Waals surface area contributed by atoms with Crippen LogP contribution in [0.5, 0.6) is 0 Å². The molecule has 0 radical (unpaired) electrons. The average Bonchev–Trinajstić information content (AvgIpc) is 2.86. The third-order valence-electron chi connectivity index (χ3n) is 2.42. The fraction of sp³-hybridized carbons (Fsp3) is 0.0909. The third-order valence-corrected chi connectivity index (χ3v) is 3.87. The van der Waals surface area contributed by atoms with Crippen molar-refractivity contribution in [1.82, 2.24) is 4.98 Å². The number of aromatic carboxylic acids is 1. The molecule has 0 amide bonds. The molecule has 0 spiro atoms. The van der Waals surface area contributed by atoms with E-state index in [2.05, 4.69) is 10.3 Å². The summed E-state index contributed by atoms with van der Waals surface area (Å²) in [4.78, 5) is 24.7. The molecule has 0 bridgehead atoms. The number of thiazole rings is 1. The molecular formula is C11H7Cl2N3O4S. The zero-order chi connectivity index (χ0) is 15.6. The van der Waals surface area contributed by atoms with Gasteiger partial charge in [-0.2, -0.15) is 0 Å². The fourth-order valence-corrected chi connectivity index (χ4v) is 2.81. The molecule has 21 heavy (non-hydrogen) atoms. The Morgan fingerprint density at radius 2 is 2.05 bits per heavy atom. The predicted octanol–water partition coefficient (Wildman–Crippen LogP) is 3.67. The van der Waals surface area contributed by atoms with Crippen molar-refractivity contribution in [1.29, 1.82) is 0 Å². The first-order chi connectivity index (χ1) is 9.88. The van der Waals surface area contributed by atoms with Crippen LogP contribution in [-0.2, 0) is 6.54 Å². The van der Waals surface area contributed by atoms with Crippen molar-refractivity contribution in [2.75, 3.05) is 5.32 Å². The van der Waals surface area contributed by atoms with Crippen LogP contribution in [0.15, 0.2) is 17.5 Å². The van der Waals surface area contributed by atoms with E-state index in [4.69, 9.17) is 28.3 Å². The first kappa shape index (κ1) is 15.5. The maximum Gasteiger partial charge on any atom is 0.355 e. The van der Waals surface area contributed by atoms with Crippen LogP contribution < -0.4 is 5.32 Å². The lowest BCUT2D eigenvalue weighted by atomic mass is 10.3. The molecule has 0 aliphatic carbocycles. The number of rotatable bonds is 5. The number of nitro groups is 1. The average molecular weight is 348 g/mol. The summed E-state index contributed by atoms with van der Waals surface area (Å²) in [7, 11) is 0. The van der Waals surface area contributed by atoms with Crippen LogP contribution in [0, 0.1) is 10.1 Å². The minimum Gasteiger partial charge on any atom is -0.476 e. The molecule has 7 nitrogen and oxygen atoms in total. The van der Waals surface area contributed by atoms with Crippen LogP contribution in [0.3, 0.4) is 0 Å².